The number of carbonyl (C=O) groups is 3. The molecule has 1 aliphatic carbocycles. The van der Waals surface area contributed by atoms with Gasteiger partial charge in [0.1, 0.15) is 5.00 Å². The molecule has 6 nitrogen and oxygen atoms in total. The van der Waals surface area contributed by atoms with Gasteiger partial charge < -0.3 is 15.8 Å². The van der Waals surface area contributed by atoms with Crippen LogP contribution in [0.5, 0.6) is 0 Å². The van der Waals surface area contributed by atoms with Gasteiger partial charge in [-0.15, -0.1) is 11.3 Å². The zero-order chi connectivity index (χ0) is 20.3. The third-order valence-electron chi connectivity index (χ3n) is 4.82. The predicted molar refractivity (Wildman–Crippen MR) is 109 cm³/mol. The highest BCUT2D eigenvalue weighted by atomic mass is 32.1. The highest BCUT2D eigenvalue weighted by molar-refractivity contribution is 7.17. The number of rotatable bonds is 6. The van der Waals surface area contributed by atoms with Crippen LogP contribution in [0, 0.1) is 0 Å². The minimum absolute atomic E-state index is 0.368. The molecule has 0 bridgehead atoms. The van der Waals surface area contributed by atoms with Crippen LogP contribution < -0.4 is 11.1 Å². The molecule has 0 atom stereocenters. The standard InChI is InChI=1S/C21H24N2O4S/c1-12(2)13-7-9-14(10-8-13)21(26)27-11-17(24)23-20-18(19(22)25)15-5-3-4-6-16(15)28-20/h7-10,12H,3-6,11H2,1-2H3,(H2,22,25)(H,23,24). The molecule has 28 heavy (non-hydrogen) atoms. The van der Waals surface area contributed by atoms with Crippen LogP contribution in [0.15, 0.2) is 24.3 Å². The lowest BCUT2D eigenvalue weighted by molar-refractivity contribution is -0.119. The van der Waals surface area contributed by atoms with E-state index in [0.29, 0.717) is 22.0 Å². The lowest BCUT2D eigenvalue weighted by Crippen LogP contribution is -2.23. The molecule has 1 aliphatic rings. The van der Waals surface area contributed by atoms with Crippen molar-refractivity contribution in [3.05, 3.63) is 51.4 Å². The molecule has 3 N–H and O–H groups in total. The second-order valence-corrected chi connectivity index (χ2v) is 8.29. The topological polar surface area (TPSA) is 98.5 Å². The second-order valence-electron chi connectivity index (χ2n) is 7.18. The molecule has 0 radical (unpaired) electrons. The Balaban J connectivity index is 1.62. The molecule has 2 aromatic rings. The fourth-order valence-corrected chi connectivity index (χ4v) is 4.61. The van der Waals surface area contributed by atoms with Crippen molar-refractivity contribution in [3.63, 3.8) is 0 Å². The SMILES string of the molecule is CC(C)c1ccc(C(=O)OCC(=O)Nc2sc3c(c2C(N)=O)CCCC3)cc1. The average molecular weight is 401 g/mol. The highest BCUT2D eigenvalue weighted by Gasteiger charge is 2.25. The van der Waals surface area contributed by atoms with Crippen molar-refractivity contribution in [3.8, 4) is 0 Å². The van der Waals surface area contributed by atoms with Crippen LogP contribution in [0.3, 0.4) is 0 Å². The molecule has 2 amide bonds. The van der Waals surface area contributed by atoms with Gasteiger partial charge in [0.25, 0.3) is 11.8 Å². The van der Waals surface area contributed by atoms with Crippen molar-refractivity contribution in [1.82, 2.24) is 0 Å². The summed E-state index contributed by atoms with van der Waals surface area (Å²) < 4.78 is 5.10. The van der Waals surface area contributed by atoms with Crippen molar-refractivity contribution in [1.29, 1.82) is 0 Å². The fraction of sp³-hybridized carbons (Fsp3) is 0.381. The Labute approximate surface area is 168 Å². The number of thiophene rings is 1. The van der Waals surface area contributed by atoms with E-state index in [0.717, 1.165) is 41.7 Å². The van der Waals surface area contributed by atoms with E-state index in [1.165, 1.54) is 11.3 Å². The van der Waals surface area contributed by atoms with E-state index in [-0.39, 0.29) is 0 Å². The number of ether oxygens (including phenoxy) is 1. The minimum atomic E-state index is -0.564. The number of aryl methyl sites for hydroxylation is 1. The van der Waals surface area contributed by atoms with E-state index in [1.807, 2.05) is 12.1 Å². The number of nitrogens with two attached hydrogens (primary N) is 1. The molecule has 3 rings (SSSR count). The fourth-order valence-electron chi connectivity index (χ4n) is 3.30. The van der Waals surface area contributed by atoms with E-state index < -0.39 is 24.4 Å². The van der Waals surface area contributed by atoms with Crippen molar-refractivity contribution in [2.45, 2.75) is 45.4 Å². The van der Waals surface area contributed by atoms with Gasteiger partial charge in [0, 0.05) is 4.88 Å². The molecule has 1 aromatic heterocycles. The molecule has 7 heteroatoms. The zero-order valence-corrected chi connectivity index (χ0v) is 16.9. The number of hydrogen-bond acceptors (Lipinski definition) is 5. The van der Waals surface area contributed by atoms with E-state index in [1.54, 1.807) is 12.1 Å². The quantitative estimate of drug-likeness (QED) is 0.723. The minimum Gasteiger partial charge on any atom is -0.452 e. The van der Waals surface area contributed by atoms with E-state index in [9.17, 15) is 14.4 Å². The first kappa shape index (κ1) is 20.1. The zero-order valence-electron chi connectivity index (χ0n) is 16.0. The summed E-state index contributed by atoms with van der Waals surface area (Å²) in [5, 5.41) is 3.13. The van der Waals surface area contributed by atoms with Crippen LogP contribution in [-0.4, -0.2) is 24.4 Å². The summed E-state index contributed by atoms with van der Waals surface area (Å²) in [6.45, 7) is 3.71. The summed E-state index contributed by atoms with van der Waals surface area (Å²) >= 11 is 1.38. The van der Waals surface area contributed by atoms with Gasteiger partial charge in [-0.25, -0.2) is 4.79 Å². The number of benzene rings is 1. The maximum absolute atomic E-state index is 12.2. The lowest BCUT2D eigenvalue weighted by atomic mass is 9.95. The van der Waals surface area contributed by atoms with Crippen molar-refractivity contribution in [2.75, 3.05) is 11.9 Å². The third kappa shape index (κ3) is 4.42. The normalized spacial score (nSPS) is 13.1. The number of amides is 2. The van der Waals surface area contributed by atoms with E-state index in [2.05, 4.69) is 19.2 Å². The Kier molecular flexibility index (Phi) is 6.14. The van der Waals surface area contributed by atoms with E-state index >= 15 is 0 Å². The lowest BCUT2D eigenvalue weighted by Gasteiger charge is -2.11. The number of nitrogens with one attached hydrogen (secondary N) is 1. The number of esters is 1. The van der Waals surface area contributed by atoms with Gasteiger partial charge in [-0.05, 0) is 54.9 Å². The monoisotopic (exact) mass is 400 g/mol. The smallest absolute Gasteiger partial charge is 0.338 e. The van der Waals surface area contributed by atoms with Crippen molar-refractivity contribution < 1.29 is 19.1 Å². The Morgan fingerprint density at radius 1 is 1.14 bits per heavy atom. The van der Waals surface area contributed by atoms with Gasteiger partial charge >= 0.3 is 5.97 Å². The van der Waals surface area contributed by atoms with Gasteiger partial charge in [-0.2, -0.15) is 0 Å². The summed E-state index contributed by atoms with van der Waals surface area (Å²) in [6, 6.07) is 7.12. The molecule has 0 spiro atoms. The van der Waals surface area contributed by atoms with Gasteiger partial charge in [0.05, 0.1) is 11.1 Å². The molecule has 148 valence electrons. The number of anilines is 1. The summed E-state index contributed by atoms with van der Waals surface area (Å²) in [4.78, 5) is 37.3. The molecule has 0 unspecified atom stereocenters. The van der Waals surface area contributed by atoms with Gasteiger partial charge in [-0.1, -0.05) is 26.0 Å². The molecule has 0 aliphatic heterocycles. The average Bonchev–Trinajstić information content (AvgIpc) is 3.04. The maximum Gasteiger partial charge on any atom is 0.338 e. The predicted octanol–water partition coefficient (Wildman–Crippen LogP) is 3.64. The van der Waals surface area contributed by atoms with Crippen LogP contribution in [0.25, 0.3) is 0 Å². The largest absolute Gasteiger partial charge is 0.452 e. The summed E-state index contributed by atoms with van der Waals surface area (Å²) in [7, 11) is 0. The first-order valence-corrected chi connectivity index (χ1v) is 10.2. The van der Waals surface area contributed by atoms with Crippen molar-refractivity contribution in [2.24, 2.45) is 5.73 Å². The van der Waals surface area contributed by atoms with Crippen LogP contribution in [-0.2, 0) is 22.4 Å². The molecular weight excluding hydrogens is 376 g/mol. The Hall–Kier alpha value is -2.67. The Morgan fingerprint density at radius 3 is 2.46 bits per heavy atom. The van der Waals surface area contributed by atoms with Crippen LogP contribution in [0.1, 0.15) is 69.3 Å². The van der Waals surface area contributed by atoms with E-state index in [4.69, 9.17) is 10.5 Å². The van der Waals surface area contributed by atoms with Crippen LogP contribution in [0.2, 0.25) is 0 Å². The number of primary amides is 1. The highest BCUT2D eigenvalue weighted by Crippen LogP contribution is 2.37. The van der Waals surface area contributed by atoms with Crippen molar-refractivity contribution >= 4 is 34.1 Å². The second kappa shape index (κ2) is 8.56. The molecule has 0 saturated heterocycles. The molecule has 0 fully saturated rings. The molecular formula is C21H24N2O4S. The van der Waals surface area contributed by atoms with Crippen LogP contribution in [0.4, 0.5) is 5.00 Å². The van der Waals surface area contributed by atoms with Gasteiger partial charge in [0.2, 0.25) is 0 Å². The molecule has 0 saturated carbocycles. The number of carbonyl (C=O) groups excluding carboxylic acids is 3. The summed E-state index contributed by atoms with van der Waals surface area (Å²) in [6.07, 6.45) is 3.75. The van der Waals surface area contributed by atoms with Crippen LogP contribution >= 0.6 is 11.3 Å². The third-order valence-corrected chi connectivity index (χ3v) is 6.03. The van der Waals surface area contributed by atoms with Gasteiger partial charge in [0.15, 0.2) is 6.61 Å². The Morgan fingerprint density at radius 2 is 1.82 bits per heavy atom. The molecule has 1 heterocycles. The maximum atomic E-state index is 12.2. The molecule has 1 aromatic carbocycles. The number of hydrogen-bond donors (Lipinski definition) is 2. The first-order valence-electron chi connectivity index (χ1n) is 9.38. The number of fused-ring (bicyclic) bond motifs is 1. The summed E-state index contributed by atoms with van der Waals surface area (Å²) in [5.74, 6) is -1.23. The Bertz CT molecular complexity index is 900. The summed E-state index contributed by atoms with van der Waals surface area (Å²) in [5.41, 5.74) is 8.37. The first-order chi connectivity index (χ1) is 13.4. The van der Waals surface area contributed by atoms with Gasteiger partial charge in [-0.3, -0.25) is 9.59 Å².